The third-order valence-corrected chi connectivity index (χ3v) is 4.39. The second kappa shape index (κ2) is 6.00. The molecule has 1 aliphatic rings. The van der Waals surface area contributed by atoms with Gasteiger partial charge in [0, 0.05) is 11.6 Å². The van der Waals surface area contributed by atoms with Crippen LogP contribution in [0.2, 0.25) is 0 Å². The first kappa shape index (κ1) is 17.4. The number of rotatable bonds is 2. The van der Waals surface area contributed by atoms with E-state index in [2.05, 4.69) is 10.1 Å². The molecule has 0 saturated heterocycles. The Hall–Kier alpha value is -3.03. The van der Waals surface area contributed by atoms with Gasteiger partial charge in [-0.1, -0.05) is 12.1 Å². The number of halogens is 5. The highest BCUT2D eigenvalue weighted by atomic mass is 19.4. The zero-order valence-electron chi connectivity index (χ0n) is 14.0. The molecule has 1 aromatic heterocycles. The lowest BCUT2D eigenvalue weighted by Crippen LogP contribution is -2.09. The Morgan fingerprint density at radius 3 is 2.33 bits per heavy atom. The van der Waals surface area contributed by atoms with E-state index in [1.54, 1.807) is 11.6 Å². The fourth-order valence-corrected chi connectivity index (χ4v) is 3.11. The van der Waals surface area contributed by atoms with Crippen molar-refractivity contribution in [3.8, 4) is 11.1 Å². The van der Waals surface area contributed by atoms with Crippen LogP contribution in [0.5, 0.6) is 0 Å². The van der Waals surface area contributed by atoms with Crippen molar-refractivity contribution in [3.63, 3.8) is 0 Å². The summed E-state index contributed by atoms with van der Waals surface area (Å²) in [7, 11) is 0. The lowest BCUT2D eigenvalue weighted by molar-refractivity contribution is -0.137. The Kier molecular flexibility index (Phi) is 3.87. The van der Waals surface area contributed by atoms with Crippen molar-refractivity contribution < 1.29 is 22.0 Å². The van der Waals surface area contributed by atoms with E-state index in [0.29, 0.717) is 28.4 Å². The second-order valence-corrected chi connectivity index (χ2v) is 6.20. The van der Waals surface area contributed by atoms with Crippen molar-refractivity contribution in [1.82, 2.24) is 9.78 Å². The number of aryl methyl sites for hydroxylation is 1. The van der Waals surface area contributed by atoms with Crippen LogP contribution in [0.25, 0.3) is 11.1 Å². The van der Waals surface area contributed by atoms with E-state index in [0.717, 1.165) is 24.3 Å². The summed E-state index contributed by atoms with van der Waals surface area (Å²) in [5.74, 6) is -1.02. The van der Waals surface area contributed by atoms with E-state index in [-0.39, 0.29) is 12.1 Å². The molecule has 4 rings (SSSR count). The van der Waals surface area contributed by atoms with Crippen LogP contribution >= 0.6 is 0 Å². The number of hydrogen-bond acceptors (Lipinski definition) is 2. The number of alkyl halides is 3. The van der Waals surface area contributed by atoms with E-state index >= 15 is 0 Å². The third-order valence-electron chi connectivity index (χ3n) is 4.39. The van der Waals surface area contributed by atoms with Gasteiger partial charge in [0.15, 0.2) is 5.82 Å². The van der Waals surface area contributed by atoms with Crippen LogP contribution in [0.3, 0.4) is 0 Å². The number of nitrogens with zero attached hydrogens (tertiary/aromatic N) is 3. The first-order chi connectivity index (χ1) is 12.7. The number of hydrogen-bond donors (Lipinski definition) is 0. The molecule has 0 fully saturated rings. The van der Waals surface area contributed by atoms with Crippen LogP contribution in [0, 0.1) is 18.6 Å². The minimum atomic E-state index is -4.41. The third kappa shape index (κ3) is 3.01. The molecule has 0 bridgehead atoms. The van der Waals surface area contributed by atoms with Gasteiger partial charge < -0.3 is 0 Å². The number of aromatic nitrogens is 2. The van der Waals surface area contributed by atoms with Crippen molar-refractivity contribution in [3.05, 3.63) is 70.9 Å². The van der Waals surface area contributed by atoms with Gasteiger partial charge in [-0.25, -0.2) is 18.5 Å². The minimum Gasteiger partial charge on any atom is -0.241 e. The Balaban J connectivity index is 1.74. The minimum absolute atomic E-state index is 0.174. The van der Waals surface area contributed by atoms with Crippen molar-refractivity contribution in [2.45, 2.75) is 19.6 Å². The van der Waals surface area contributed by atoms with Gasteiger partial charge >= 0.3 is 6.18 Å². The summed E-state index contributed by atoms with van der Waals surface area (Å²) in [5.41, 5.74) is 1.45. The van der Waals surface area contributed by atoms with E-state index in [1.165, 1.54) is 18.2 Å². The summed E-state index contributed by atoms with van der Waals surface area (Å²) in [6.07, 6.45) is -4.41. The first-order valence-electron chi connectivity index (χ1n) is 8.02. The SMILES string of the molecule is Cc1nn2c(c1-c1ccc(F)cc1F)N=C(c1ccc(C(F)(F)F)cc1)C2. The maximum Gasteiger partial charge on any atom is 0.416 e. The van der Waals surface area contributed by atoms with Crippen LogP contribution < -0.4 is 0 Å². The first-order valence-corrected chi connectivity index (χ1v) is 8.02. The molecule has 8 heteroatoms. The fraction of sp³-hybridized carbons (Fsp3) is 0.158. The zero-order chi connectivity index (χ0) is 19.3. The van der Waals surface area contributed by atoms with Crippen LogP contribution in [-0.2, 0) is 12.7 Å². The summed E-state index contributed by atoms with van der Waals surface area (Å²) < 4.78 is 67.1. The molecule has 0 atom stereocenters. The maximum absolute atomic E-state index is 14.2. The molecule has 27 heavy (non-hydrogen) atoms. The van der Waals surface area contributed by atoms with Crippen molar-refractivity contribution in [2.24, 2.45) is 4.99 Å². The van der Waals surface area contributed by atoms with E-state index < -0.39 is 23.4 Å². The monoisotopic (exact) mass is 377 g/mol. The molecule has 0 saturated carbocycles. The lowest BCUT2D eigenvalue weighted by atomic mass is 10.1. The highest BCUT2D eigenvalue weighted by Crippen LogP contribution is 2.38. The molecular formula is C19H12F5N3. The summed E-state index contributed by atoms with van der Waals surface area (Å²) in [5, 5.41) is 4.33. The molecular weight excluding hydrogens is 365 g/mol. The van der Waals surface area contributed by atoms with Gasteiger partial charge in [0.2, 0.25) is 0 Å². The average molecular weight is 377 g/mol. The summed E-state index contributed by atoms with van der Waals surface area (Å²) >= 11 is 0. The van der Waals surface area contributed by atoms with Crippen molar-refractivity contribution in [1.29, 1.82) is 0 Å². The molecule has 2 aromatic carbocycles. The van der Waals surface area contributed by atoms with E-state index in [4.69, 9.17) is 0 Å². The van der Waals surface area contributed by atoms with Crippen LogP contribution in [0.1, 0.15) is 16.8 Å². The van der Waals surface area contributed by atoms with Gasteiger partial charge in [-0.05, 0) is 36.8 Å². The predicted molar refractivity (Wildman–Crippen MR) is 90.0 cm³/mol. The summed E-state index contributed by atoms with van der Waals surface area (Å²) in [4.78, 5) is 4.45. The molecule has 0 spiro atoms. The maximum atomic E-state index is 14.2. The molecule has 3 nitrogen and oxygen atoms in total. The van der Waals surface area contributed by atoms with Crippen molar-refractivity contribution in [2.75, 3.05) is 0 Å². The fourth-order valence-electron chi connectivity index (χ4n) is 3.11. The average Bonchev–Trinajstić information content (AvgIpc) is 3.12. The normalized spacial score (nSPS) is 13.6. The van der Waals surface area contributed by atoms with Gasteiger partial charge in [0.05, 0.1) is 29.1 Å². The van der Waals surface area contributed by atoms with E-state index in [9.17, 15) is 22.0 Å². The summed E-state index contributed by atoms with van der Waals surface area (Å²) in [6.45, 7) is 1.95. The number of aliphatic imine (C=N–C) groups is 1. The molecule has 2 heterocycles. The number of benzene rings is 2. The van der Waals surface area contributed by atoms with Gasteiger partial charge in [0.25, 0.3) is 0 Å². The van der Waals surface area contributed by atoms with Gasteiger partial charge in [-0.3, -0.25) is 0 Å². The molecule has 138 valence electrons. The highest BCUT2D eigenvalue weighted by molar-refractivity contribution is 6.04. The Morgan fingerprint density at radius 1 is 1.00 bits per heavy atom. The molecule has 0 unspecified atom stereocenters. The van der Waals surface area contributed by atoms with Crippen molar-refractivity contribution >= 4 is 11.5 Å². The Bertz CT molecular complexity index is 1060. The Labute approximate surface area is 150 Å². The standard InChI is InChI=1S/C19H12F5N3/c1-10-17(14-7-6-13(20)8-15(14)21)18-25-16(9-27(18)26-10)11-2-4-12(5-3-11)19(22,23)24/h2-8H,9H2,1H3. The molecule has 3 aromatic rings. The van der Waals surface area contributed by atoms with Crippen LogP contribution in [0.4, 0.5) is 27.8 Å². The molecule has 0 aliphatic carbocycles. The number of fused-ring (bicyclic) bond motifs is 1. The second-order valence-electron chi connectivity index (χ2n) is 6.20. The van der Waals surface area contributed by atoms with Crippen LogP contribution in [0.15, 0.2) is 47.5 Å². The van der Waals surface area contributed by atoms with Gasteiger partial charge in [-0.15, -0.1) is 0 Å². The highest BCUT2D eigenvalue weighted by Gasteiger charge is 2.31. The lowest BCUT2D eigenvalue weighted by Gasteiger charge is -2.07. The quantitative estimate of drug-likeness (QED) is 0.558. The Morgan fingerprint density at radius 2 is 1.70 bits per heavy atom. The zero-order valence-corrected chi connectivity index (χ0v) is 14.0. The molecule has 1 aliphatic heterocycles. The molecule has 0 amide bonds. The van der Waals surface area contributed by atoms with Gasteiger partial charge in [-0.2, -0.15) is 18.3 Å². The molecule has 0 radical (unpaired) electrons. The largest absolute Gasteiger partial charge is 0.416 e. The van der Waals surface area contributed by atoms with Crippen LogP contribution in [-0.4, -0.2) is 15.5 Å². The topological polar surface area (TPSA) is 30.2 Å². The van der Waals surface area contributed by atoms with E-state index in [1.807, 2.05) is 0 Å². The van der Waals surface area contributed by atoms with Gasteiger partial charge in [0.1, 0.15) is 11.6 Å². The predicted octanol–water partition coefficient (Wildman–Crippen LogP) is 5.29. The molecule has 0 N–H and O–H groups in total. The summed E-state index contributed by atoms with van der Waals surface area (Å²) in [6, 6.07) is 7.93. The smallest absolute Gasteiger partial charge is 0.241 e.